The van der Waals surface area contributed by atoms with Gasteiger partial charge >= 0.3 is 0 Å². The van der Waals surface area contributed by atoms with E-state index in [4.69, 9.17) is 60.6 Å². The minimum absolute atomic E-state index is 0.0128. The average molecular weight is 576 g/mol. The molecule has 0 atom stereocenters. The molecule has 0 N–H and O–H groups in total. The smallest absolute Gasteiger partial charge is 0.152 e. The molecule has 0 aliphatic rings. The van der Waals surface area contributed by atoms with E-state index in [1.807, 2.05) is 78.9 Å². The first kappa shape index (κ1) is 27.3. The number of carbonyl (C=O) groups excluding carboxylic acids is 1. The van der Waals surface area contributed by atoms with Crippen molar-refractivity contribution in [3.8, 4) is 11.5 Å². The lowest BCUT2D eigenvalue weighted by molar-refractivity contribution is 0.0000352. The van der Waals surface area contributed by atoms with Crippen molar-refractivity contribution in [1.29, 1.82) is 0 Å². The highest BCUT2D eigenvalue weighted by molar-refractivity contribution is 6.52. The molecule has 0 unspecified atom stereocenters. The Labute approximate surface area is 235 Å². The molecular weight excluding hydrogens is 554 g/mol. The molecule has 8 heteroatoms. The lowest BCUT2D eigenvalue weighted by Crippen LogP contribution is -2.33. The van der Waals surface area contributed by atoms with Crippen LogP contribution >= 0.6 is 46.4 Å². The fraction of sp³-hybridized carbons (Fsp3) is 0.138. The first-order valence-corrected chi connectivity index (χ1v) is 12.7. The topological polar surface area (TPSA) is 44.8 Å². The summed E-state index contributed by atoms with van der Waals surface area (Å²) < 4.78 is 17.6. The van der Waals surface area contributed by atoms with Crippen molar-refractivity contribution in [2.24, 2.45) is 0 Å². The van der Waals surface area contributed by atoms with Crippen LogP contribution in [0.3, 0.4) is 0 Å². The van der Waals surface area contributed by atoms with E-state index in [0.29, 0.717) is 23.3 Å². The molecule has 0 aromatic heterocycles. The van der Waals surface area contributed by atoms with Gasteiger partial charge in [0.15, 0.2) is 6.29 Å². The fourth-order valence-electron chi connectivity index (χ4n) is 4.21. The molecule has 0 radical (unpaired) electrons. The van der Waals surface area contributed by atoms with Crippen LogP contribution in [0.15, 0.2) is 78.9 Å². The Hall–Kier alpha value is -2.73. The van der Waals surface area contributed by atoms with Crippen LogP contribution in [-0.2, 0) is 16.9 Å². The maximum atomic E-state index is 12.0. The minimum atomic E-state index is -1.12. The third-order valence-electron chi connectivity index (χ3n) is 6.13. The molecule has 0 aliphatic heterocycles. The third-order valence-corrected chi connectivity index (χ3v) is 7.98. The van der Waals surface area contributed by atoms with Gasteiger partial charge in [-0.05, 0) is 41.0 Å². The van der Waals surface area contributed by atoms with Crippen LogP contribution in [0.4, 0.5) is 0 Å². The lowest BCUT2D eigenvalue weighted by atomic mass is 9.80. The number of hydrogen-bond acceptors (Lipinski definition) is 4. The molecule has 4 aromatic carbocycles. The van der Waals surface area contributed by atoms with Crippen LogP contribution in [0.1, 0.15) is 32.6 Å². The standard InChI is InChI=1S/C29H22Cl4O4/c1-35-21-12-8-19(9-13-21)29(18-6-4-3-5-7-18,20-10-14-22(36-2)15-11-20)37-17-24-23(16-34)25(30)27(32)28(33)26(24)31/h3-16H,17H2,1-2H3. The summed E-state index contributed by atoms with van der Waals surface area (Å²) in [6.07, 6.45) is 0.597. The largest absolute Gasteiger partial charge is 0.497 e. The number of rotatable bonds is 9. The monoisotopic (exact) mass is 574 g/mol. The van der Waals surface area contributed by atoms with E-state index < -0.39 is 5.60 Å². The van der Waals surface area contributed by atoms with Gasteiger partial charge in [-0.15, -0.1) is 0 Å². The molecule has 0 bridgehead atoms. The van der Waals surface area contributed by atoms with E-state index in [9.17, 15) is 4.79 Å². The molecule has 0 saturated carbocycles. The normalized spacial score (nSPS) is 11.3. The van der Waals surface area contributed by atoms with Gasteiger partial charge in [-0.3, -0.25) is 4.79 Å². The highest BCUT2D eigenvalue weighted by Crippen LogP contribution is 2.45. The predicted molar refractivity (Wildman–Crippen MR) is 149 cm³/mol. The Bertz CT molecular complexity index is 1340. The van der Waals surface area contributed by atoms with E-state index in [1.54, 1.807) is 14.2 Å². The average Bonchev–Trinajstić information content (AvgIpc) is 2.96. The van der Waals surface area contributed by atoms with Crippen LogP contribution < -0.4 is 9.47 Å². The summed E-state index contributed by atoms with van der Waals surface area (Å²) in [6, 6.07) is 24.9. The maximum Gasteiger partial charge on any atom is 0.152 e. The number of halogens is 4. The summed E-state index contributed by atoms with van der Waals surface area (Å²) in [7, 11) is 3.22. The maximum absolute atomic E-state index is 12.0. The number of benzene rings is 4. The number of carbonyl (C=O) groups is 1. The van der Waals surface area contributed by atoms with E-state index in [2.05, 4.69) is 0 Å². The Balaban J connectivity index is 1.96. The van der Waals surface area contributed by atoms with Crippen LogP contribution in [0.5, 0.6) is 11.5 Å². The van der Waals surface area contributed by atoms with Gasteiger partial charge in [-0.25, -0.2) is 0 Å². The summed E-state index contributed by atoms with van der Waals surface area (Å²) in [5, 5.41) is 0.184. The quantitative estimate of drug-likeness (QED) is 0.0866. The zero-order valence-corrected chi connectivity index (χ0v) is 23.0. The van der Waals surface area contributed by atoms with Crippen molar-refractivity contribution in [3.63, 3.8) is 0 Å². The third kappa shape index (κ3) is 5.18. The molecule has 0 aliphatic carbocycles. The summed E-state index contributed by atoms with van der Waals surface area (Å²) in [5.41, 5.74) is 1.81. The molecule has 0 amide bonds. The van der Waals surface area contributed by atoms with Gasteiger partial charge < -0.3 is 14.2 Å². The SMILES string of the molecule is COc1ccc(C(OCc2c(Cl)c(Cl)c(Cl)c(Cl)c2C=O)(c2ccccc2)c2ccc(OC)cc2)cc1. The van der Waals surface area contributed by atoms with Gasteiger partial charge in [-0.1, -0.05) is 101 Å². The minimum Gasteiger partial charge on any atom is -0.497 e. The van der Waals surface area contributed by atoms with Crippen LogP contribution in [0, 0.1) is 0 Å². The molecule has 4 rings (SSSR count). The van der Waals surface area contributed by atoms with Gasteiger partial charge in [-0.2, -0.15) is 0 Å². The second kappa shape index (κ2) is 11.8. The molecule has 4 nitrogen and oxygen atoms in total. The summed E-state index contributed by atoms with van der Waals surface area (Å²) >= 11 is 25.4. The Morgan fingerprint density at radius 1 is 0.649 bits per heavy atom. The molecule has 190 valence electrons. The number of aldehydes is 1. The van der Waals surface area contributed by atoms with Crippen LogP contribution in [-0.4, -0.2) is 20.5 Å². The fourth-order valence-corrected chi connectivity index (χ4v) is 5.22. The van der Waals surface area contributed by atoms with Crippen LogP contribution in [0.2, 0.25) is 20.1 Å². The molecule has 0 saturated heterocycles. The highest BCUT2D eigenvalue weighted by atomic mass is 35.5. The van der Waals surface area contributed by atoms with Crippen molar-refractivity contribution < 1.29 is 19.0 Å². The first-order valence-electron chi connectivity index (χ1n) is 11.2. The van der Waals surface area contributed by atoms with Crippen molar-refractivity contribution in [2.45, 2.75) is 12.2 Å². The summed E-state index contributed by atoms with van der Waals surface area (Å²) in [5.74, 6) is 1.39. The van der Waals surface area contributed by atoms with Gasteiger partial charge in [0, 0.05) is 11.1 Å². The van der Waals surface area contributed by atoms with Gasteiger partial charge in [0.05, 0.1) is 40.9 Å². The Morgan fingerprint density at radius 3 is 1.57 bits per heavy atom. The zero-order chi connectivity index (χ0) is 26.6. The summed E-state index contributed by atoms with van der Waals surface area (Å²) in [4.78, 5) is 12.0. The molecule has 37 heavy (non-hydrogen) atoms. The summed E-state index contributed by atoms with van der Waals surface area (Å²) in [6.45, 7) is -0.101. The lowest BCUT2D eigenvalue weighted by Gasteiger charge is -2.36. The highest BCUT2D eigenvalue weighted by Gasteiger charge is 2.38. The van der Waals surface area contributed by atoms with Crippen molar-refractivity contribution in [3.05, 3.63) is 127 Å². The second-order valence-corrected chi connectivity index (χ2v) is 9.57. The Morgan fingerprint density at radius 2 is 1.11 bits per heavy atom. The van der Waals surface area contributed by atoms with Crippen molar-refractivity contribution >= 4 is 52.7 Å². The van der Waals surface area contributed by atoms with Crippen molar-refractivity contribution in [1.82, 2.24) is 0 Å². The number of hydrogen-bond donors (Lipinski definition) is 0. The van der Waals surface area contributed by atoms with E-state index in [-0.39, 0.29) is 32.3 Å². The van der Waals surface area contributed by atoms with E-state index >= 15 is 0 Å². The Kier molecular flexibility index (Phi) is 8.68. The van der Waals surface area contributed by atoms with Gasteiger partial charge in [0.1, 0.15) is 17.1 Å². The van der Waals surface area contributed by atoms with Crippen LogP contribution in [0.25, 0.3) is 0 Å². The first-order chi connectivity index (χ1) is 17.9. The predicted octanol–water partition coefficient (Wildman–Crippen LogP) is 8.64. The van der Waals surface area contributed by atoms with E-state index in [1.165, 1.54) is 0 Å². The molecule has 0 heterocycles. The number of ether oxygens (including phenoxy) is 3. The van der Waals surface area contributed by atoms with Gasteiger partial charge in [0.25, 0.3) is 0 Å². The van der Waals surface area contributed by atoms with Gasteiger partial charge in [0.2, 0.25) is 0 Å². The zero-order valence-electron chi connectivity index (χ0n) is 19.9. The second-order valence-electron chi connectivity index (χ2n) is 8.06. The molecular formula is C29H22Cl4O4. The molecule has 0 spiro atoms. The van der Waals surface area contributed by atoms with E-state index in [0.717, 1.165) is 16.7 Å². The molecule has 4 aromatic rings. The van der Waals surface area contributed by atoms with Crippen molar-refractivity contribution in [2.75, 3.05) is 14.2 Å². The number of methoxy groups -OCH3 is 2. The molecule has 0 fully saturated rings.